The smallest absolute Gasteiger partial charge is 0.177 e. The highest BCUT2D eigenvalue weighted by Gasteiger charge is 2.17. The quantitative estimate of drug-likeness (QED) is 0.482. The molecule has 0 aliphatic carbocycles. The predicted octanol–water partition coefficient (Wildman–Crippen LogP) is 2.84. The van der Waals surface area contributed by atoms with Crippen molar-refractivity contribution in [2.24, 2.45) is 0 Å². The molecule has 0 fully saturated rings. The zero-order chi connectivity index (χ0) is 14.0. The molecular formula is C12H5F5N2. The summed E-state index contributed by atoms with van der Waals surface area (Å²) in [7, 11) is 0. The second-order valence-electron chi connectivity index (χ2n) is 3.50. The van der Waals surface area contributed by atoms with E-state index in [1.165, 1.54) is 6.07 Å². The molecule has 2 rings (SSSR count). The number of nitrogens with zero attached hydrogens (tertiary/aromatic N) is 1. The number of hydrogen-bond acceptors (Lipinski definition) is 1. The lowest BCUT2D eigenvalue weighted by molar-refractivity contribution is 0.450. The molecule has 1 N–H and O–H groups in total. The van der Waals surface area contributed by atoms with Crippen LogP contribution in [0.1, 0.15) is 17.0 Å². The van der Waals surface area contributed by atoms with Gasteiger partial charge in [-0.05, 0) is 12.0 Å². The monoisotopic (exact) mass is 272 g/mol. The summed E-state index contributed by atoms with van der Waals surface area (Å²) >= 11 is 0. The van der Waals surface area contributed by atoms with Gasteiger partial charge in [-0.2, -0.15) is 5.10 Å². The molecule has 0 aliphatic heterocycles. The highest BCUT2D eigenvalue weighted by atomic mass is 19.2. The minimum Gasteiger partial charge on any atom is -0.270 e. The van der Waals surface area contributed by atoms with Crippen LogP contribution in [0.5, 0.6) is 0 Å². The molecule has 2 aromatic rings. The molecule has 2 nitrogen and oxygen atoms in total. The molecule has 19 heavy (non-hydrogen) atoms. The van der Waals surface area contributed by atoms with E-state index in [0.29, 0.717) is 0 Å². The van der Waals surface area contributed by atoms with Crippen molar-refractivity contribution in [2.75, 3.05) is 0 Å². The Hall–Kier alpha value is -2.36. The number of benzene rings is 1. The third-order valence-corrected chi connectivity index (χ3v) is 2.20. The van der Waals surface area contributed by atoms with Crippen molar-refractivity contribution in [1.29, 1.82) is 0 Å². The van der Waals surface area contributed by atoms with Gasteiger partial charge in [0.25, 0.3) is 0 Å². The first-order valence-electron chi connectivity index (χ1n) is 4.98. The van der Waals surface area contributed by atoms with Crippen molar-refractivity contribution < 1.29 is 22.0 Å². The number of aromatic amines is 1. The van der Waals surface area contributed by atoms with Crippen molar-refractivity contribution in [2.45, 2.75) is 6.67 Å². The van der Waals surface area contributed by atoms with Crippen molar-refractivity contribution in [3.05, 3.63) is 52.4 Å². The molecule has 0 bridgehead atoms. The maximum atomic E-state index is 13.2. The van der Waals surface area contributed by atoms with Gasteiger partial charge in [-0.15, -0.1) is 0 Å². The SMILES string of the molecule is FCc1cc(C#Cc2c(F)c(F)cc(F)c2F)[nH]n1. The maximum absolute atomic E-state index is 13.2. The minimum absolute atomic E-state index is 0.0515. The summed E-state index contributed by atoms with van der Waals surface area (Å²) in [5.41, 5.74) is -0.916. The lowest BCUT2D eigenvalue weighted by Crippen LogP contribution is -1.98. The molecule has 1 aromatic carbocycles. The molecule has 0 amide bonds. The highest BCUT2D eigenvalue weighted by Crippen LogP contribution is 2.18. The van der Waals surface area contributed by atoms with E-state index < -0.39 is 35.5 Å². The number of halogens is 5. The third kappa shape index (κ3) is 2.57. The van der Waals surface area contributed by atoms with Crippen LogP contribution in [0.3, 0.4) is 0 Å². The lowest BCUT2D eigenvalue weighted by Gasteiger charge is -1.99. The van der Waals surface area contributed by atoms with Crippen LogP contribution in [0, 0.1) is 35.1 Å². The van der Waals surface area contributed by atoms with Crippen LogP contribution in [-0.2, 0) is 6.67 Å². The van der Waals surface area contributed by atoms with Crippen LogP contribution >= 0.6 is 0 Å². The van der Waals surface area contributed by atoms with Crippen LogP contribution < -0.4 is 0 Å². The molecule has 1 heterocycles. The number of hydrogen-bond donors (Lipinski definition) is 1. The molecule has 0 spiro atoms. The standard InChI is InChI=1S/C12H5F5N2/c13-5-7-3-6(18-19-7)1-2-8-11(16)9(14)4-10(15)12(8)17/h3-4H,5H2,(H,18,19). The molecule has 0 aliphatic rings. The third-order valence-electron chi connectivity index (χ3n) is 2.20. The van der Waals surface area contributed by atoms with Crippen LogP contribution in [0.2, 0.25) is 0 Å². The first-order chi connectivity index (χ1) is 9.02. The van der Waals surface area contributed by atoms with Crippen LogP contribution in [0.15, 0.2) is 12.1 Å². The normalized spacial score (nSPS) is 10.2. The van der Waals surface area contributed by atoms with Crippen molar-refractivity contribution >= 4 is 0 Å². The topological polar surface area (TPSA) is 28.7 Å². The summed E-state index contributed by atoms with van der Waals surface area (Å²) in [5, 5.41) is 5.79. The molecule has 7 heteroatoms. The average molecular weight is 272 g/mol. The van der Waals surface area contributed by atoms with Crippen molar-refractivity contribution in [3.63, 3.8) is 0 Å². The first-order valence-corrected chi connectivity index (χ1v) is 4.98. The van der Waals surface area contributed by atoms with E-state index in [4.69, 9.17) is 0 Å². The van der Waals surface area contributed by atoms with Gasteiger partial charge in [-0.1, -0.05) is 5.92 Å². The summed E-state index contributed by atoms with van der Waals surface area (Å²) in [6.07, 6.45) is 0. The highest BCUT2D eigenvalue weighted by molar-refractivity contribution is 5.42. The van der Waals surface area contributed by atoms with E-state index in [-0.39, 0.29) is 17.5 Å². The molecule has 0 saturated carbocycles. The van der Waals surface area contributed by atoms with Crippen LogP contribution in [0.25, 0.3) is 0 Å². The second-order valence-corrected chi connectivity index (χ2v) is 3.50. The zero-order valence-electron chi connectivity index (χ0n) is 9.20. The van der Waals surface area contributed by atoms with Gasteiger partial charge in [0.1, 0.15) is 17.9 Å². The average Bonchev–Trinajstić information content (AvgIpc) is 2.84. The molecule has 1 aromatic heterocycles. The zero-order valence-corrected chi connectivity index (χ0v) is 9.20. The minimum atomic E-state index is -1.59. The Morgan fingerprint density at radius 1 is 1.00 bits per heavy atom. The number of H-pyrrole nitrogens is 1. The lowest BCUT2D eigenvalue weighted by atomic mass is 10.2. The van der Waals surface area contributed by atoms with E-state index in [0.717, 1.165) is 0 Å². The van der Waals surface area contributed by atoms with Gasteiger partial charge in [-0.25, -0.2) is 22.0 Å². The van der Waals surface area contributed by atoms with Gasteiger partial charge in [-0.3, -0.25) is 5.10 Å². The fourth-order valence-corrected chi connectivity index (χ4v) is 1.31. The molecule has 98 valence electrons. The van der Waals surface area contributed by atoms with Crippen LogP contribution in [0.4, 0.5) is 22.0 Å². The summed E-state index contributed by atoms with van der Waals surface area (Å²) in [5.74, 6) is -2.11. The number of aromatic nitrogens is 2. The number of rotatable bonds is 1. The number of nitrogens with one attached hydrogen (secondary N) is 1. The Morgan fingerprint density at radius 3 is 2.16 bits per heavy atom. The van der Waals surface area contributed by atoms with Gasteiger partial charge in [0.05, 0.1) is 5.69 Å². The van der Waals surface area contributed by atoms with E-state index in [9.17, 15) is 22.0 Å². The molecule has 0 unspecified atom stereocenters. The number of alkyl halides is 1. The Morgan fingerprint density at radius 2 is 1.63 bits per heavy atom. The predicted molar refractivity (Wildman–Crippen MR) is 55.7 cm³/mol. The molecular weight excluding hydrogens is 267 g/mol. The maximum Gasteiger partial charge on any atom is 0.177 e. The molecule has 0 saturated heterocycles. The van der Waals surface area contributed by atoms with Gasteiger partial charge < -0.3 is 0 Å². The van der Waals surface area contributed by atoms with Gasteiger partial charge in [0.2, 0.25) is 0 Å². The van der Waals surface area contributed by atoms with E-state index in [1.807, 2.05) is 5.92 Å². The largest absolute Gasteiger partial charge is 0.270 e. The fraction of sp³-hybridized carbons (Fsp3) is 0.0833. The van der Waals surface area contributed by atoms with Gasteiger partial charge >= 0.3 is 0 Å². The Bertz CT molecular complexity index is 655. The Labute approximate surface area is 104 Å². The van der Waals surface area contributed by atoms with E-state index in [1.54, 1.807) is 0 Å². The second kappa shape index (κ2) is 5.10. The Kier molecular flexibility index (Phi) is 3.51. The van der Waals surface area contributed by atoms with E-state index in [2.05, 4.69) is 16.1 Å². The van der Waals surface area contributed by atoms with Crippen molar-refractivity contribution in [3.8, 4) is 11.8 Å². The van der Waals surface area contributed by atoms with Gasteiger partial charge in [0, 0.05) is 6.07 Å². The summed E-state index contributed by atoms with van der Waals surface area (Å²) in [6, 6.07) is 1.30. The Balaban J connectivity index is 2.44. The fourth-order valence-electron chi connectivity index (χ4n) is 1.31. The van der Waals surface area contributed by atoms with Gasteiger partial charge in [0.15, 0.2) is 23.3 Å². The first kappa shape index (κ1) is 13.1. The molecule has 0 radical (unpaired) electrons. The summed E-state index contributed by atoms with van der Waals surface area (Å²) in [6.45, 7) is -0.838. The van der Waals surface area contributed by atoms with E-state index >= 15 is 0 Å². The summed E-state index contributed by atoms with van der Waals surface area (Å²) < 4.78 is 64.5. The van der Waals surface area contributed by atoms with Crippen LogP contribution in [-0.4, -0.2) is 10.2 Å². The van der Waals surface area contributed by atoms with Crippen molar-refractivity contribution in [1.82, 2.24) is 10.2 Å². The molecule has 0 atom stereocenters. The summed E-state index contributed by atoms with van der Waals surface area (Å²) in [4.78, 5) is 0.